The summed E-state index contributed by atoms with van der Waals surface area (Å²) in [5.41, 5.74) is 3.42. The van der Waals surface area contributed by atoms with Crippen LogP contribution in [0.2, 0.25) is 0 Å². The zero-order valence-electron chi connectivity index (χ0n) is 15.9. The minimum atomic E-state index is -0.198. The van der Waals surface area contributed by atoms with Crippen LogP contribution in [0.4, 0.5) is 10.1 Å². The number of benzene rings is 2. The van der Waals surface area contributed by atoms with Gasteiger partial charge in [-0.2, -0.15) is 4.98 Å². The second kappa shape index (κ2) is 8.24. The number of hydrogen-bond acceptors (Lipinski definition) is 4. The van der Waals surface area contributed by atoms with E-state index in [2.05, 4.69) is 51.1 Å². The predicted octanol–water partition coefficient (Wildman–Crippen LogP) is 4.09. The fraction of sp³-hybridized carbons (Fsp3) is 0.333. The molecule has 1 fully saturated rings. The number of nitrogens with one attached hydrogen (secondary N) is 1. The van der Waals surface area contributed by atoms with Crippen LogP contribution in [0.5, 0.6) is 0 Å². The van der Waals surface area contributed by atoms with Gasteiger partial charge in [-0.15, -0.1) is 0 Å². The van der Waals surface area contributed by atoms with Crippen LogP contribution in [-0.4, -0.2) is 45.8 Å². The summed E-state index contributed by atoms with van der Waals surface area (Å²) in [5.74, 6) is 0.605. The summed E-state index contributed by atoms with van der Waals surface area (Å²) < 4.78 is 15.6. The predicted molar refractivity (Wildman–Crippen MR) is 112 cm³/mol. The van der Waals surface area contributed by atoms with Crippen molar-refractivity contribution in [3.05, 3.63) is 64.7 Å². The molecule has 1 saturated heterocycles. The van der Waals surface area contributed by atoms with Gasteiger partial charge in [0.1, 0.15) is 5.82 Å². The van der Waals surface area contributed by atoms with Crippen molar-refractivity contribution in [2.75, 3.05) is 31.1 Å². The molecule has 1 aliphatic rings. The van der Waals surface area contributed by atoms with E-state index in [4.69, 9.17) is 12.2 Å². The molecule has 5 nitrogen and oxygen atoms in total. The molecule has 2 heterocycles. The van der Waals surface area contributed by atoms with Crippen molar-refractivity contribution in [1.82, 2.24) is 19.7 Å². The largest absolute Gasteiger partial charge is 0.369 e. The molecule has 1 N–H and O–H groups in total. The van der Waals surface area contributed by atoms with E-state index >= 15 is 0 Å². The van der Waals surface area contributed by atoms with E-state index in [9.17, 15) is 4.39 Å². The summed E-state index contributed by atoms with van der Waals surface area (Å²) in [4.78, 5) is 9.15. The number of H-pyrrole nitrogens is 1. The second-order valence-corrected chi connectivity index (χ2v) is 7.42. The van der Waals surface area contributed by atoms with Crippen LogP contribution < -0.4 is 4.90 Å². The topological polar surface area (TPSA) is 40.1 Å². The fourth-order valence-electron chi connectivity index (χ4n) is 3.48. The molecule has 1 aliphatic heterocycles. The summed E-state index contributed by atoms with van der Waals surface area (Å²) >= 11 is 5.45. The lowest BCUT2D eigenvalue weighted by Gasteiger charge is -2.35. The zero-order valence-corrected chi connectivity index (χ0v) is 16.8. The van der Waals surface area contributed by atoms with Crippen molar-refractivity contribution in [1.29, 1.82) is 0 Å². The Balaban J connectivity index is 1.39. The number of rotatable bonds is 5. The van der Waals surface area contributed by atoms with Crippen LogP contribution >= 0.6 is 12.2 Å². The maximum atomic E-state index is 13.1. The van der Waals surface area contributed by atoms with Gasteiger partial charge in [-0.3, -0.25) is 10.00 Å². The van der Waals surface area contributed by atoms with Gasteiger partial charge in [0.25, 0.3) is 0 Å². The van der Waals surface area contributed by atoms with Gasteiger partial charge < -0.3 is 4.90 Å². The van der Waals surface area contributed by atoms with E-state index in [1.54, 1.807) is 0 Å². The lowest BCUT2D eigenvalue weighted by atomic mass is 10.1. The maximum Gasteiger partial charge on any atom is 0.217 e. The van der Waals surface area contributed by atoms with Gasteiger partial charge >= 0.3 is 0 Å². The van der Waals surface area contributed by atoms with Crippen LogP contribution in [-0.2, 0) is 13.1 Å². The van der Waals surface area contributed by atoms with Gasteiger partial charge in [0.05, 0.1) is 6.67 Å². The molecular weight excluding hydrogens is 373 g/mol. The highest BCUT2D eigenvalue weighted by molar-refractivity contribution is 7.71. The zero-order chi connectivity index (χ0) is 19.5. The lowest BCUT2D eigenvalue weighted by Crippen LogP contribution is -2.47. The Morgan fingerprint density at radius 1 is 1.00 bits per heavy atom. The minimum Gasteiger partial charge on any atom is -0.369 e. The Kier molecular flexibility index (Phi) is 5.54. The van der Waals surface area contributed by atoms with E-state index in [-0.39, 0.29) is 5.82 Å². The Bertz CT molecular complexity index is 969. The molecule has 146 valence electrons. The number of aromatic nitrogens is 3. The quantitative estimate of drug-likeness (QED) is 0.659. The highest BCUT2D eigenvalue weighted by Gasteiger charge is 2.18. The summed E-state index contributed by atoms with van der Waals surface area (Å²) in [6.45, 7) is 6.47. The molecule has 1 aromatic heterocycles. The van der Waals surface area contributed by atoms with Crippen molar-refractivity contribution in [3.63, 3.8) is 0 Å². The highest BCUT2D eigenvalue weighted by atomic mass is 32.1. The van der Waals surface area contributed by atoms with Crippen molar-refractivity contribution in [2.45, 2.75) is 20.0 Å². The maximum absolute atomic E-state index is 13.1. The third-order valence-corrected chi connectivity index (χ3v) is 5.53. The van der Waals surface area contributed by atoms with Crippen molar-refractivity contribution >= 4 is 17.9 Å². The molecule has 2 aromatic carbocycles. The van der Waals surface area contributed by atoms with E-state index in [1.807, 2.05) is 16.8 Å². The van der Waals surface area contributed by atoms with E-state index in [1.165, 1.54) is 17.7 Å². The summed E-state index contributed by atoms with van der Waals surface area (Å²) in [6.07, 6.45) is 1.02. The molecule has 0 radical (unpaired) electrons. The highest BCUT2D eigenvalue weighted by Crippen LogP contribution is 2.18. The monoisotopic (exact) mass is 397 g/mol. The number of nitrogens with zero attached hydrogens (tertiary/aromatic N) is 4. The van der Waals surface area contributed by atoms with Gasteiger partial charge in [0, 0.05) is 37.4 Å². The Morgan fingerprint density at radius 2 is 1.68 bits per heavy atom. The van der Waals surface area contributed by atoms with Crippen molar-refractivity contribution in [2.24, 2.45) is 0 Å². The third kappa shape index (κ3) is 4.15. The van der Waals surface area contributed by atoms with Gasteiger partial charge in [0.15, 0.2) is 5.82 Å². The average Bonchev–Trinajstić information content (AvgIpc) is 3.09. The first-order valence-electron chi connectivity index (χ1n) is 9.61. The number of hydrogen-bond donors (Lipinski definition) is 1. The lowest BCUT2D eigenvalue weighted by molar-refractivity contribution is 0.194. The molecule has 0 amide bonds. The number of halogens is 1. The van der Waals surface area contributed by atoms with Gasteiger partial charge in [0.2, 0.25) is 4.77 Å². The molecule has 0 aliphatic carbocycles. The van der Waals surface area contributed by atoms with Crippen LogP contribution in [0, 0.1) is 10.6 Å². The number of aromatic amines is 1. The molecule has 4 rings (SSSR count). The van der Waals surface area contributed by atoms with Crippen LogP contribution in [0.3, 0.4) is 0 Å². The van der Waals surface area contributed by atoms with Crippen LogP contribution in [0.15, 0.2) is 48.5 Å². The third-order valence-electron chi connectivity index (χ3n) is 5.22. The summed E-state index contributed by atoms with van der Waals surface area (Å²) in [5, 5.41) is 3.34. The van der Waals surface area contributed by atoms with Crippen LogP contribution in [0.25, 0.3) is 11.4 Å². The summed E-state index contributed by atoms with van der Waals surface area (Å²) in [7, 11) is 0. The second-order valence-electron chi connectivity index (χ2n) is 7.06. The summed E-state index contributed by atoms with van der Waals surface area (Å²) in [6, 6.07) is 15.1. The van der Waals surface area contributed by atoms with Crippen molar-refractivity contribution in [3.8, 4) is 11.4 Å². The van der Waals surface area contributed by atoms with Gasteiger partial charge in [-0.05, 0) is 48.5 Å². The van der Waals surface area contributed by atoms with Crippen molar-refractivity contribution < 1.29 is 4.39 Å². The molecule has 0 spiro atoms. The SMILES string of the molecule is CCc1ccc(-c2nc(=S)n(CN3CCN(c4ccc(F)cc4)CC3)[nH]2)cc1. The van der Waals surface area contributed by atoms with E-state index in [0.717, 1.165) is 49.7 Å². The number of aryl methyl sites for hydroxylation is 1. The number of anilines is 1. The molecule has 0 saturated carbocycles. The Hall–Kier alpha value is -2.51. The first kappa shape index (κ1) is 18.8. The number of piperazine rings is 1. The normalized spacial score (nSPS) is 15.1. The van der Waals surface area contributed by atoms with Crippen LogP contribution in [0.1, 0.15) is 12.5 Å². The van der Waals surface area contributed by atoms with E-state index < -0.39 is 0 Å². The average molecular weight is 398 g/mol. The van der Waals surface area contributed by atoms with Gasteiger partial charge in [-0.25, -0.2) is 9.07 Å². The van der Waals surface area contributed by atoms with E-state index in [0.29, 0.717) is 11.4 Å². The first-order chi connectivity index (χ1) is 13.6. The molecular formula is C21H24FN5S. The standard InChI is InChI=1S/C21H24FN5S/c1-2-16-3-5-17(6-4-16)20-23-21(28)27(24-20)15-25-11-13-26(14-12-25)19-9-7-18(22)8-10-19/h3-10H,2,11-15H2,1H3,(H,23,24,28). The molecule has 0 unspecified atom stereocenters. The van der Waals surface area contributed by atoms with Gasteiger partial charge in [-0.1, -0.05) is 31.2 Å². The molecule has 0 bridgehead atoms. The smallest absolute Gasteiger partial charge is 0.217 e. The molecule has 0 atom stereocenters. The first-order valence-corrected chi connectivity index (χ1v) is 10.0. The Morgan fingerprint density at radius 3 is 2.32 bits per heavy atom. The fourth-order valence-corrected chi connectivity index (χ4v) is 3.67. The minimum absolute atomic E-state index is 0.198. The molecule has 7 heteroatoms. The molecule has 3 aromatic rings. The Labute approximate surface area is 169 Å². The molecule has 28 heavy (non-hydrogen) atoms.